The second kappa shape index (κ2) is 6.42. The fourth-order valence-corrected chi connectivity index (χ4v) is 0.746. The van der Waals surface area contributed by atoms with Crippen LogP contribution in [0.2, 0.25) is 0 Å². The highest BCUT2D eigenvalue weighted by Crippen LogP contribution is 1.79. The fraction of sp³-hybridized carbons (Fsp3) is 0.750. The van der Waals surface area contributed by atoms with Crippen LogP contribution in [0.1, 0.15) is 20.3 Å². The van der Waals surface area contributed by atoms with Crippen LogP contribution in [0.15, 0.2) is 0 Å². The molecule has 0 aromatic carbocycles. The highest BCUT2D eigenvalue weighted by atomic mass is 16.2. The second-order valence-corrected chi connectivity index (χ2v) is 2.78. The smallest absolute Gasteiger partial charge is 0.236 e. The third-order valence-electron chi connectivity index (χ3n) is 1.44. The lowest BCUT2D eigenvalue weighted by Crippen LogP contribution is -2.40. The van der Waals surface area contributed by atoms with Gasteiger partial charge in [0.1, 0.15) is 0 Å². The van der Waals surface area contributed by atoms with Crippen molar-refractivity contribution in [2.75, 3.05) is 13.1 Å². The van der Waals surface area contributed by atoms with Crippen molar-refractivity contribution < 1.29 is 9.59 Å². The molecule has 0 heterocycles. The molecule has 0 rings (SSSR count). The molecule has 0 aliphatic rings. The summed E-state index contributed by atoms with van der Waals surface area (Å²) in [6.07, 6.45) is 0.298. The van der Waals surface area contributed by atoms with Crippen molar-refractivity contribution in [3.05, 3.63) is 0 Å². The number of hydrogen-bond donors (Lipinski definition) is 3. The van der Waals surface area contributed by atoms with Crippen molar-refractivity contribution in [2.45, 2.75) is 26.3 Å². The van der Waals surface area contributed by atoms with E-state index in [-0.39, 0.29) is 11.8 Å². The summed E-state index contributed by atoms with van der Waals surface area (Å²) in [6.45, 7) is 4.40. The number of nitrogens with two attached hydrogens (primary N) is 1. The third kappa shape index (κ3) is 6.10. The lowest BCUT2D eigenvalue weighted by molar-refractivity contribution is -0.122. The van der Waals surface area contributed by atoms with Crippen LogP contribution >= 0.6 is 0 Å². The molecule has 5 heteroatoms. The highest BCUT2D eigenvalue weighted by Gasteiger charge is 2.06. The summed E-state index contributed by atoms with van der Waals surface area (Å²) in [6, 6.07) is -0.519. The minimum Gasteiger partial charge on any atom is -0.356 e. The van der Waals surface area contributed by atoms with Gasteiger partial charge in [0, 0.05) is 19.5 Å². The largest absolute Gasteiger partial charge is 0.356 e. The Balaban J connectivity index is 3.45. The van der Waals surface area contributed by atoms with Gasteiger partial charge in [-0.15, -0.1) is 0 Å². The first-order chi connectivity index (χ1) is 6.07. The third-order valence-corrected chi connectivity index (χ3v) is 1.44. The Bertz CT molecular complexity index is 180. The molecule has 0 bridgehead atoms. The quantitative estimate of drug-likeness (QED) is 0.515. The van der Waals surface area contributed by atoms with Gasteiger partial charge in [0.2, 0.25) is 11.8 Å². The predicted octanol–water partition coefficient (Wildman–Crippen LogP) is -1.02. The molecule has 5 nitrogen and oxygen atoms in total. The molecule has 0 saturated heterocycles. The van der Waals surface area contributed by atoms with Crippen LogP contribution in [-0.2, 0) is 9.59 Å². The van der Waals surface area contributed by atoms with Crippen LogP contribution in [0.3, 0.4) is 0 Å². The van der Waals surface area contributed by atoms with Gasteiger partial charge in [-0.2, -0.15) is 0 Å². The molecule has 0 aromatic rings. The number of rotatable bonds is 5. The van der Waals surface area contributed by atoms with E-state index in [1.165, 1.54) is 0 Å². The lowest BCUT2D eigenvalue weighted by Gasteiger charge is -2.06. The van der Waals surface area contributed by atoms with Crippen molar-refractivity contribution in [1.82, 2.24) is 10.6 Å². The molecule has 0 saturated carbocycles. The number of nitrogens with one attached hydrogen (secondary N) is 2. The van der Waals surface area contributed by atoms with Crippen LogP contribution in [0.4, 0.5) is 0 Å². The number of amides is 2. The zero-order valence-corrected chi connectivity index (χ0v) is 8.09. The first-order valence-electron chi connectivity index (χ1n) is 4.38. The van der Waals surface area contributed by atoms with E-state index >= 15 is 0 Å². The molecule has 13 heavy (non-hydrogen) atoms. The van der Waals surface area contributed by atoms with Crippen molar-refractivity contribution in [3.8, 4) is 0 Å². The SMILES string of the molecule is CCNC(=O)CCNC(=O)C(C)N. The molecule has 0 fully saturated rings. The van der Waals surface area contributed by atoms with E-state index < -0.39 is 6.04 Å². The molecular formula is C8H17N3O2. The number of hydrogen-bond acceptors (Lipinski definition) is 3. The average molecular weight is 187 g/mol. The summed E-state index contributed by atoms with van der Waals surface area (Å²) in [5.41, 5.74) is 5.30. The molecule has 2 amide bonds. The first kappa shape index (κ1) is 11.9. The normalized spacial score (nSPS) is 11.9. The Hall–Kier alpha value is -1.10. The van der Waals surface area contributed by atoms with Crippen molar-refractivity contribution in [2.24, 2.45) is 5.73 Å². The molecule has 76 valence electrons. The Kier molecular flexibility index (Phi) is 5.88. The molecule has 1 unspecified atom stereocenters. The number of carbonyl (C=O) groups is 2. The summed E-state index contributed by atoms with van der Waals surface area (Å²) in [4.78, 5) is 21.8. The van der Waals surface area contributed by atoms with E-state index in [2.05, 4.69) is 10.6 Å². The van der Waals surface area contributed by atoms with Gasteiger partial charge < -0.3 is 16.4 Å². The lowest BCUT2D eigenvalue weighted by atomic mass is 10.3. The molecule has 0 aromatic heterocycles. The summed E-state index contributed by atoms with van der Waals surface area (Å²) in [5.74, 6) is -0.295. The Morgan fingerprint density at radius 3 is 2.46 bits per heavy atom. The first-order valence-corrected chi connectivity index (χ1v) is 4.38. The van der Waals surface area contributed by atoms with Crippen molar-refractivity contribution in [1.29, 1.82) is 0 Å². The fourth-order valence-electron chi connectivity index (χ4n) is 0.746. The maximum Gasteiger partial charge on any atom is 0.236 e. The van der Waals surface area contributed by atoms with Gasteiger partial charge >= 0.3 is 0 Å². The maximum atomic E-state index is 10.9. The minimum absolute atomic E-state index is 0.0625. The van der Waals surface area contributed by atoms with E-state index in [1.54, 1.807) is 6.92 Å². The Labute approximate surface area is 78.1 Å². The van der Waals surface area contributed by atoms with E-state index in [9.17, 15) is 9.59 Å². The zero-order valence-electron chi connectivity index (χ0n) is 8.09. The topological polar surface area (TPSA) is 84.2 Å². The van der Waals surface area contributed by atoms with Crippen LogP contribution in [0.25, 0.3) is 0 Å². The monoisotopic (exact) mass is 187 g/mol. The van der Waals surface area contributed by atoms with Crippen LogP contribution in [0.5, 0.6) is 0 Å². The zero-order chi connectivity index (χ0) is 10.3. The predicted molar refractivity (Wildman–Crippen MR) is 50.0 cm³/mol. The van der Waals surface area contributed by atoms with Gasteiger partial charge in [-0.25, -0.2) is 0 Å². The molecule has 0 radical (unpaired) electrons. The van der Waals surface area contributed by atoms with Crippen LogP contribution in [-0.4, -0.2) is 30.9 Å². The number of carbonyl (C=O) groups excluding carboxylic acids is 2. The van der Waals surface area contributed by atoms with Crippen molar-refractivity contribution >= 4 is 11.8 Å². The van der Waals surface area contributed by atoms with Crippen LogP contribution in [0, 0.1) is 0 Å². The van der Waals surface area contributed by atoms with E-state index in [0.717, 1.165) is 0 Å². The second-order valence-electron chi connectivity index (χ2n) is 2.78. The highest BCUT2D eigenvalue weighted by molar-refractivity contribution is 5.82. The minimum atomic E-state index is -0.519. The van der Waals surface area contributed by atoms with Gasteiger partial charge in [0.25, 0.3) is 0 Å². The maximum absolute atomic E-state index is 10.9. The van der Waals surface area contributed by atoms with E-state index in [1.807, 2.05) is 6.92 Å². The average Bonchev–Trinajstić information content (AvgIpc) is 2.04. The molecule has 4 N–H and O–H groups in total. The van der Waals surface area contributed by atoms with Gasteiger partial charge in [0.15, 0.2) is 0 Å². The van der Waals surface area contributed by atoms with E-state index in [4.69, 9.17) is 5.73 Å². The Morgan fingerprint density at radius 2 is 2.00 bits per heavy atom. The van der Waals surface area contributed by atoms with Gasteiger partial charge in [-0.3, -0.25) is 9.59 Å². The van der Waals surface area contributed by atoms with Gasteiger partial charge in [-0.05, 0) is 13.8 Å². The standard InChI is InChI=1S/C8H17N3O2/c1-3-10-7(12)4-5-11-8(13)6(2)9/h6H,3-5,9H2,1-2H3,(H,10,12)(H,11,13). The molecule has 0 spiro atoms. The van der Waals surface area contributed by atoms with Gasteiger partial charge in [0.05, 0.1) is 6.04 Å². The molecular weight excluding hydrogens is 170 g/mol. The van der Waals surface area contributed by atoms with Crippen molar-refractivity contribution in [3.63, 3.8) is 0 Å². The summed E-state index contributed by atoms with van der Waals surface area (Å²) in [5, 5.41) is 5.17. The summed E-state index contributed by atoms with van der Waals surface area (Å²) in [7, 11) is 0. The summed E-state index contributed by atoms with van der Waals surface area (Å²) >= 11 is 0. The summed E-state index contributed by atoms with van der Waals surface area (Å²) < 4.78 is 0. The molecule has 0 aliphatic carbocycles. The van der Waals surface area contributed by atoms with Crippen LogP contribution < -0.4 is 16.4 Å². The molecule has 0 aliphatic heterocycles. The molecule has 1 atom stereocenters. The Morgan fingerprint density at radius 1 is 1.38 bits per heavy atom. The van der Waals surface area contributed by atoms with E-state index in [0.29, 0.717) is 19.5 Å². The van der Waals surface area contributed by atoms with Gasteiger partial charge in [-0.1, -0.05) is 0 Å².